The third-order valence-corrected chi connectivity index (χ3v) is 4.57. The van der Waals surface area contributed by atoms with Gasteiger partial charge in [0.15, 0.2) is 5.13 Å². The zero-order valence-corrected chi connectivity index (χ0v) is 13.1. The van der Waals surface area contributed by atoms with Crippen molar-refractivity contribution in [2.45, 2.75) is 31.7 Å². The zero-order valence-electron chi connectivity index (χ0n) is 12.3. The molecule has 1 aromatic heterocycles. The standard InChI is InChI=1S/C13H21N5O2S/c1-15-9(19)6-7-18(2)12(20)10-11(14)17-13(21-10)16-8-4-3-5-8/h8H,3-7,14H2,1-2H3,(H,15,19)(H,16,17). The first kappa shape index (κ1) is 15.6. The molecule has 0 aromatic carbocycles. The summed E-state index contributed by atoms with van der Waals surface area (Å²) in [6, 6.07) is 0.449. The fourth-order valence-corrected chi connectivity index (χ4v) is 2.90. The molecule has 0 unspecified atom stereocenters. The van der Waals surface area contributed by atoms with Crippen LogP contribution in [-0.2, 0) is 4.79 Å². The molecule has 8 heteroatoms. The Kier molecular flexibility index (Phi) is 5.00. The Labute approximate surface area is 127 Å². The second kappa shape index (κ2) is 6.75. The van der Waals surface area contributed by atoms with Gasteiger partial charge in [0.05, 0.1) is 0 Å². The number of amides is 2. The molecule has 0 bridgehead atoms. The van der Waals surface area contributed by atoms with Crippen LogP contribution in [-0.4, -0.2) is 48.4 Å². The lowest BCUT2D eigenvalue weighted by atomic mass is 9.93. The van der Waals surface area contributed by atoms with Gasteiger partial charge in [0.1, 0.15) is 10.7 Å². The minimum atomic E-state index is -0.199. The van der Waals surface area contributed by atoms with Crippen LogP contribution in [0.5, 0.6) is 0 Å². The minimum Gasteiger partial charge on any atom is -0.382 e. The van der Waals surface area contributed by atoms with Crippen LogP contribution in [0.3, 0.4) is 0 Å². The normalized spacial score (nSPS) is 14.4. The molecular weight excluding hydrogens is 290 g/mol. The van der Waals surface area contributed by atoms with Gasteiger partial charge in [0, 0.05) is 33.1 Å². The van der Waals surface area contributed by atoms with Crippen molar-refractivity contribution >= 4 is 34.1 Å². The van der Waals surface area contributed by atoms with E-state index in [2.05, 4.69) is 15.6 Å². The number of carbonyl (C=O) groups is 2. The highest BCUT2D eigenvalue weighted by atomic mass is 32.1. The van der Waals surface area contributed by atoms with E-state index in [0.717, 1.165) is 12.8 Å². The molecule has 0 saturated heterocycles. The van der Waals surface area contributed by atoms with Gasteiger partial charge in [-0.15, -0.1) is 0 Å². The molecule has 1 saturated carbocycles. The van der Waals surface area contributed by atoms with Crippen LogP contribution in [0, 0.1) is 0 Å². The average molecular weight is 311 g/mol. The van der Waals surface area contributed by atoms with Crippen LogP contribution >= 0.6 is 11.3 Å². The van der Waals surface area contributed by atoms with Gasteiger partial charge in [-0.05, 0) is 19.3 Å². The number of nitrogen functional groups attached to an aromatic ring is 1. The van der Waals surface area contributed by atoms with Gasteiger partial charge in [-0.25, -0.2) is 4.98 Å². The molecule has 1 aromatic rings. The van der Waals surface area contributed by atoms with Crippen LogP contribution in [0.4, 0.5) is 10.9 Å². The predicted molar refractivity (Wildman–Crippen MR) is 83.4 cm³/mol. The summed E-state index contributed by atoms with van der Waals surface area (Å²) in [4.78, 5) is 29.6. The van der Waals surface area contributed by atoms with Crippen molar-refractivity contribution < 1.29 is 9.59 Å². The predicted octanol–water partition coefficient (Wildman–Crippen LogP) is 0.898. The van der Waals surface area contributed by atoms with Gasteiger partial charge in [-0.2, -0.15) is 0 Å². The smallest absolute Gasteiger partial charge is 0.267 e. The van der Waals surface area contributed by atoms with Crippen molar-refractivity contribution in [2.75, 3.05) is 31.7 Å². The molecule has 1 aliphatic carbocycles. The van der Waals surface area contributed by atoms with E-state index in [1.807, 2.05) is 0 Å². The third kappa shape index (κ3) is 3.84. The first-order valence-electron chi connectivity index (χ1n) is 7.00. The zero-order chi connectivity index (χ0) is 15.4. The van der Waals surface area contributed by atoms with Crippen molar-refractivity contribution in [1.29, 1.82) is 0 Å². The first-order chi connectivity index (χ1) is 10.0. The second-order valence-electron chi connectivity index (χ2n) is 5.16. The van der Waals surface area contributed by atoms with E-state index < -0.39 is 0 Å². The molecule has 4 N–H and O–H groups in total. The van der Waals surface area contributed by atoms with Crippen LogP contribution in [0.25, 0.3) is 0 Å². The number of carbonyl (C=O) groups excluding carboxylic acids is 2. The number of rotatable bonds is 6. The van der Waals surface area contributed by atoms with E-state index in [-0.39, 0.29) is 24.1 Å². The molecule has 2 amide bonds. The molecular formula is C13H21N5O2S. The summed E-state index contributed by atoms with van der Waals surface area (Å²) in [7, 11) is 3.23. The second-order valence-corrected chi connectivity index (χ2v) is 6.15. The Balaban J connectivity index is 1.95. The van der Waals surface area contributed by atoms with E-state index in [1.165, 1.54) is 22.7 Å². The lowest BCUT2D eigenvalue weighted by molar-refractivity contribution is -0.120. The van der Waals surface area contributed by atoms with E-state index in [0.29, 0.717) is 22.6 Å². The van der Waals surface area contributed by atoms with Gasteiger partial charge in [-0.3, -0.25) is 9.59 Å². The van der Waals surface area contributed by atoms with E-state index in [1.54, 1.807) is 14.1 Å². The number of aromatic nitrogens is 1. The van der Waals surface area contributed by atoms with Crippen LogP contribution in [0.2, 0.25) is 0 Å². The van der Waals surface area contributed by atoms with Gasteiger partial charge < -0.3 is 21.3 Å². The van der Waals surface area contributed by atoms with Gasteiger partial charge in [0.2, 0.25) is 5.91 Å². The molecule has 0 spiro atoms. The molecule has 21 heavy (non-hydrogen) atoms. The van der Waals surface area contributed by atoms with Crippen LogP contribution in [0.15, 0.2) is 0 Å². The van der Waals surface area contributed by atoms with E-state index >= 15 is 0 Å². The SMILES string of the molecule is CNC(=O)CCN(C)C(=O)c1sc(NC2CCC2)nc1N. The van der Waals surface area contributed by atoms with Crippen molar-refractivity contribution in [3.63, 3.8) is 0 Å². The van der Waals surface area contributed by atoms with Gasteiger partial charge in [0.25, 0.3) is 5.91 Å². The fourth-order valence-electron chi connectivity index (χ4n) is 1.94. The topological polar surface area (TPSA) is 100 Å². The van der Waals surface area contributed by atoms with Crippen LogP contribution in [0.1, 0.15) is 35.4 Å². The first-order valence-corrected chi connectivity index (χ1v) is 7.81. The average Bonchev–Trinajstić information content (AvgIpc) is 2.79. The maximum Gasteiger partial charge on any atom is 0.267 e. The molecule has 116 valence electrons. The van der Waals surface area contributed by atoms with Gasteiger partial charge >= 0.3 is 0 Å². The summed E-state index contributed by atoms with van der Waals surface area (Å²) >= 11 is 1.27. The maximum absolute atomic E-state index is 12.3. The quantitative estimate of drug-likeness (QED) is 0.724. The van der Waals surface area contributed by atoms with Crippen molar-refractivity contribution in [1.82, 2.24) is 15.2 Å². The lowest BCUT2D eigenvalue weighted by Crippen LogP contribution is -2.31. The number of thiazole rings is 1. The summed E-state index contributed by atoms with van der Waals surface area (Å²) in [5, 5.41) is 6.51. The molecule has 1 aliphatic rings. The molecule has 1 fully saturated rings. The Morgan fingerprint density at radius 2 is 2.19 bits per heavy atom. The van der Waals surface area contributed by atoms with Crippen molar-refractivity contribution in [3.05, 3.63) is 4.88 Å². The van der Waals surface area contributed by atoms with Crippen molar-refractivity contribution in [2.24, 2.45) is 0 Å². The molecule has 7 nitrogen and oxygen atoms in total. The number of hydrogen-bond donors (Lipinski definition) is 3. The highest BCUT2D eigenvalue weighted by molar-refractivity contribution is 7.18. The minimum absolute atomic E-state index is 0.0979. The Bertz CT molecular complexity index is 527. The summed E-state index contributed by atoms with van der Waals surface area (Å²) in [6.45, 7) is 0.348. The Morgan fingerprint density at radius 3 is 2.76 bits per heavy atom. The van der Waals surface area contributed by atoms with E-state index in [4.69, 9.17) is 5.73 Å². The number of nitrogens with two attached hydrogens (primary N) is 1. The van der Waals surface area contributed by atoms with E-state index in [9.17, 15) is 9.59 Å². The highest BCUT2D eigenvalue weighted by Crippen LogP contribution is 2.30. The third-order valence-electron chi connectivity index (χ3n) is 3.58. The summed E-state index contributed by atoms with van der Waals surface area (Å²) in [5.74, 6) is -0.0477. The van der Waals surface area contributed by atoms with Crippen LogP contribution < -0.4 is 16.4 Å². The number of nitrogens with one attached hydrogen (secondary N) is 2. The highest BCUT2D eigenvalue weighted by Gasteiger charge is 2.23. The Morgan fingerprint density at radius 1 is 1.48 bits per heavy atom. The summed E-state index contributed by atoms with van der Waals surface area (Å²) in [5.41, 5.74) is 5.83. The number of anilines is 2. The van der Waals surface area contributed by atoms with Gasteiger partial charge in [-0.1, -0.05) is 11.3 Å². The number of nitrogens with zero attached hydrogens (tertiary/aromatic N) is 2. The summed E-state index contributed by atoms with van der Waals surface area (Å²) < 4.78 is 0. The monoisotopic (exact) mass is 311 g/mol. The lowest BCUT2D eigenvalue weighted by Gasteiger charge is -2.25. The maximum atomic E-state index is 12.3. The molecule has 0 radical (unpaired) electrons. The summed E-state index contributed by atoms with van der Waals surface area (Å²) in [6.07, 6.45) is 3.76. The molecule has 2 rings (SSSR count). The largest absolute Gasteiger partial charge is 0.382 e. The fraction of sp³-hybridized carbons (Fsp3) is 0.615. The molecule has 0 atom stereocenters. The molecule has 0 aliphatic heterocycles. The molecule has 1 heterocycles. The number of hydrogen-bond acceptors (Lipinski definition) is 6. The van der Waals surface area contributed by atoms with Crippen molar-refractivity contribution in [3.8, 4) is 0 Å². The Hall–Kier alpha value is -1.83.